The summed E-state index contributed by atoms with van der Waals surface area (Å²) in [6.45, 7) is 1.08. The molecule has 0 unspecified atom stereocenters. The minimum Gasteiger partial charge on any atom is -0.481 e. The van der Waals surface area contributed by atoms with Gasteiger partial charge in [0.2, 0.25) is 0 Å². The van der Waals surface area contributed by atoms with E-state index >= 15 is 0 Å². The Bertz CT molecular complexity index is 85.1. The second kappa shape index (κ2) is 4.68. The van der Waals surface area contributed by atoms with Gasteiger partial charge in [-0.1, -0.05) is 0 Å². The van der Waals surface area contributed by atoms with Crippen molar-refractivity contribution in [2.24, 2.45) is 5.92 Å². The van der Waals surface area contributed by atoms with E-state index in [0.717, 1.165) is 18.6 Å². The Balaban J connectivity index is 0.000000148. The lowest BCUT2D eigenvalue weighted by atomic mass is 10.5. The van der Waals surface area contributed by atoms with E-state index in [0.29, 0.717) is 0 Å². The van der Waals surface area contributed by atoms with Gasteiger partial charge in [0.25, 0.3) is 5.97 Å². The SMILES string of the molecule is CC(=O)O.SCC1CC1. The number of carbonyl (C=O) groups is 1. The number of hydrogen-bond acceptors (Lipinski definition) is 2. The zero-order chi connectivity index (χ0) is 7.28. The van der Waals surface area contributed by atoms with Crippen molar-refractivity contribution >= 4 is 18.6 Å². The van der Waals surface area contributed by atoms with Crippen LogP contribution in [0.1, 0.15) is 19.8 Å². The van der Waals surface area contributed by atoms with Gasteiger partial charge in [0.15, 0.2) is 0 Å². The predicted octanol–water partition coefficient (Wildman–Crippen LogP) is 1.42. The molecule has 0 saturated heterocycles. The van der Waals surface area contributed by atoms with Gasteiger partial charge < -0.3 is 5.11 Å². The third-order valence-electron chi connectivity index (χ3n) is 0.955. The van der Waals surface area contributed by atoms with Gasteiger partial charge in [-0.05, 0) is 24.5 Å². The highest BCUT2D eigenvalue weighted by Gasteiger charge is 2.17. The third-order valence-corrected chi connectivity index (χ3v) is 1.47. The van der Waals surface area contributed by atoms with Crippen LogP contribution in [0.3, 0.4) is 0 Å². The largest absolute Gasteiger partial charge is 0.481 e. The molecule has 0 spiro atoms. The van der Waals surface area contributed by atoms with Crippen LogP contribution in [0.4, 0.5) is 0 Å². The average molecular weight is 148 g/mol. The molecular formula is C6H12O2S. The van der Waals surface area contributed by atoms with E-state index in [2.05, 4.69) is 12.6 Å². The van der Waals surface area contributed by atoms with Gasteiger partial charge in [-0.3, -0.25) is 4.79 Å². The van der Waals surface area contributed by atoms with Crippen molar-refractivity contribution in [1.29, 1.82) is 0 Å². The maximum Gasteiger partial charge on any atom is 0.300 e. The lowest BCUT2D eigenvalue weighted by molar-refractivity contribution is -0.134. The molecule has 1 aliphatic rings. The molecule has 1 rings (SSSR count). The summed E-state index contributed by atoms with van der Waals surface area (Å²) in [6, 6.07) is 0. The molecule has 0 aromatic heterocycles. The molecule has 0 aliphatic heterocycles. The maximum absolute atomic E-state index is 9.00. The van der Waals surface area contributed by atoms with Gasteiger partial charge in [-0.2, -0.15) is 12.6 Å². The Labute approximate surface area is 60.7 Å². The normalized spacial score (nSPS) is 15.8. The summed E-state index contributed by atoms with van der Waals surface area (Å²) in [5, 5.41) is 7.42. The molecule has 1 aliphatic carbocycles. The Morgan fingerprint density at radius 1 is 1.78 bits per heavy atom. The third kappa shape index (κ3) is 11.4. The van der Waals surface area contributed by atoms with Gasteiger partial charge in [0.1, 0.15) is 0 Å². The van der Waals surface area contributed by atoms with Crippen LogP contribution in [0.2, 0.25) is 0 Å². The molecule has 0 aromatic rings. The fraction of sp³-hybridized carbons (Fsp3) is 0.833. The summed E-state index contributed by atoms with van der Waals surface area (Å²) in [4.78, 5) is 9.00. The lowest BCUT2D eigenvalue weighted by Crippen LogP contribution is -1.78. The number of aliphatic carboxylic acids is 1. The van der Waals surface area contributed by atoms with E-state index in [1.807, 2.05) is 0 Å². The topological polar surface area (TPSA) is 37.3 Å². The fourth-order valence-electron chi connectivity index (χ4n) is 0.300. The highest BCUT2D eigenvalue weighted by Crippen LogP contribution is 2.29. The van der Waals surface area contributed by atoms with Crippen molar-refractivity contribution in [2.45, 2.75) is 19.8 Å². The van der Waals surface area contributed by atoms with Crippen molar-refractivity contribution in [3.8, 4) is 0 Å². The molecular weight excluding hydrogens is 136 g/mol. The molecule has 54 valence electrons. The van der Waals surface area contributed by atoms with Crippen LogP contribution in [0, 0.1) is 5.92 Å². The van der Waals surface area contributed by atoms with Crippen LogP contribution < -0.4 is 0 Å². The molecule has 2 nitrogen and oxygen atoms in total. The summed E-state index contributed by atoms with van der Waals surface area (Å²) in [5.74, 6) is 1.28. The Kier molecular flexibility index (Phi) is 4.58. The molecule has 0 radical (unpaired) electrons. The summed E-state index contributed by atoms with van der Waals surface area (Å²) in [6.07, 6.45) is 2.87. The van der Waals surface area contributed by atoms with Crippen LogP contribution in [-0.2, 0) is 4.79 Å². The molecule has 1 N–H and O–H groups in total. The van der Waals surface area contributed by atoms with Crippen LogP contribution in [0.25, 0.3) is 0 Å². The first-order chi connectivity index (χ1) is 4.16. The van der Waals surface area contributed by atoms with Crippen LogP contribution in [0.15, 0.2) is 0 Å². The molecule has 0 amide bonds. The van der Waals surface area contributed by atoms with Crippen molar-refractivity contribution in [3.05, 3.63) is 0 Å². The van der Waals surface area contributed by atoms with Crippen molar-refractivity contribution in [2.75, 3.05) is 5.75 Å². The lowest BCUT2D eigenvalue weighted by Gasteiger charge is -1.72. The second-order valence-corrected chi connectivity index (χ2v) is 2.51. The van der Waals surface area contributed by atoms with E-state index in [1.165, 1.54) is 12.8 Å². The summed E-state index contributed by atoms with van der Waals surface area (Å²) in [7, 11) is 0. The van der Waals surface area contributed by atoms with Gasteiger partial charge in [-0.25, -0.2) is 0 Å². The van der Waals surface area contributed by atoms with E-state index < -0.39 is 5.97 Å². The average Bonchev–Trinajstić information content (AvgIpc) is 2.43. The number of rotatable bonds is 1. The second-order valence-electron chi connectivity index (χ2n) is 2.14. The standard InChI is InChI=1S/C4H8S.C2H4O2/c5-3-4-1-2-4;1-2(3)4/h4-5H,1-3H2;1H3,(H,3,4). The number of hydrogen-bond donors (Lipinski definition) is 2. The number of carboxylic acids is 1. The maximum atomic E-state index is 9.00. The molecule has 0 bridgehead atoms. The number of carboxylic acid groups (broad SMARTS) is 1. The molecule has 3 heteroatoms. The minimum atomic E-state index is -0.833. The van der Waals surface area contributed by atoms with Gasteiger partial charge in [0.05, 0.1) is 0 Å². The van der Waals surface area contributed by atoms with Gasteiger partial charge in [0, 0.05) is 6.92 Å². The van der Waals surface area contributed by atoms with E-state index in [9.17, 15) is 0 Å². The Morgan fingerprint density at radius 3 is 2.11 bits per heavy atom. The highest BCUT2D eigenvalue weighted by molar-refractivity contribution is 7.80. The van der Waals surface area contributed by atoms with Gasteiger partial charge >= 0.3 is 0 Å². The predicted molar refractivity (Wildman–Crippen MR) is 39.9 cm³/mol. The monoisotopic (exact) mass is 148 g/mol. The van der Waals surface area contributed by atoms with E-state index in [-0.39, 0.29) is 0 Å². The van der Waals surface area contributed by atoms with Crippen LogP contribution in [-0.4, -0.2) is 16.8 Å². The van der Waals surface area contributed by atoms with E-state index in [4.69, 9.17) is 9.90 Å². The van der Waals surface area contributed by atoms with Crippen molar-refractivity contribution in [3.63, 3.8) is 0 Å². The summed E-state index contributed by atoms with van der Waals surface area (Å²) < 4.78 is 0. The molecule has 9 heavy (non-hydrogen) atoms. The Morgan fingerprint density at radius 2 is 2.11 bits per heavy atom. The van der Waals surface area contributed by atoms with Crippen LogP contribution in [0.5, 0.6) is 0 Å². The molecule has 0 atom stereocenters. The fourth-order valence-corrected chi connectivity index (χ4v) is 0.666. The van der Waals surface area contributed by atoms with Crippen molar-refractivity contribution < 1.29 is 9.90 Å². The Hall–Kier alpha value is -0.180. The van der Waals surface area contributed by atoms with Crippen LogP contribution >= 0.6 is 12.6 Å². The first-order valence-corrected chi connectivity index (χ1v) is 3.60. The highest BCUT2D eigenvalue weighted by atomic mass is 32.1. The molecule has 1 fully saturated rings. The minimum absolute atomic E-state index is 0.833. The first-order valence-electron chi connectivity index (χ1n) is 2.97. The smallest absolute Gasteiger partial charge is 0.300 e. The first kappa shape index (κ1) is 8.82. The molecule has 1 saturated carbocycles. The molecule has 0 aromatic carbocycles. The van der Waals surface area contributed by atoms with Gasteiger partial charge in [-0.15, -0.1) is 0 Å². The summed E-state index contributed by atoms with van der Waals surface area (Å²) in [5.41, 5.74) is 0. The zero-order valence-corrected chi connectivity index (χ0v) is 6.40. The quantitative estimate of drug-likeness (QED) is 0.552. The van der Waals surface area contributed by atoms with Crippen molar-refractivity contribution in [1.82, 2.24) is 0 Å². The zero-order valence-electron chi connectivity index (χ0n) is 5.50. The van der Waals surface area contributed by atoms with E-state index in [1.54, 1.807) is 0 Å². The summed E-state index contributed by atoms with van der Waals surface area (Å²) >= 11 is 4.08. The number of thiol groups is 1. The molecule has 0 heterocycles.